The van der Waals surface area contributed by atoms with E-state index in [1.807, 2.05) is 6.07 Å². The van der Waals surface area contributed by atoms with Gasteiger partial charge >= 0.3 is 0 Å². The van der Waals surface area contributed by atoms with E-state index in [0.29, 0.717) is 19.4 Å². The fourth-order valence-electron chi connectivity index (χ4n) is 1.02. The van der Waals surface area contributed by atoms with Gasteiger partial charge in [0.05, 0.1) is 17.8 Å². The molecule has 0 saturated heterocycles. The molecular formula is C10H10FN3O. The summed E-state index contributed by atoms with van der Waals surface area (Å²) in [7, 11) is 0. The number of nitriles is 1. The molecule has 5 heteroatoms. The van der Waals surface area contributed by atoms with Crippen molar-refractivity contribution in [3.05, 3.63) is 29.8 Å². The van der Waals surface area contributed by atoms with Crippen LogP contribution in [0.4, 0.5) is 4.39 Å². The average Bonchev–Trinajstić information content (AvgIpc) is 2.25. The summed E-state index contributed by atoms with van der Waals surface area (Å²) in [5.74, 6) is -1.12. The van der Waals surface area contributed by atoms with Crippen molar-refractivity contribution in [1.82, 2.24) is 10.3 Å². The van der Waals surface area contributed by atoms with Gasteiger partial charge in [-0.15, -0.1) is 0 Å². The lowest BCUT2D eigenvalue weighted by Gasteiger charge is -2.03. The van der Waals surface area contributed by atoms with Gasteiger partial charge in [-0.05, 0) is 12.5 Å². The van der Waals surface area contributed by atoms with Crippen LogP contribution in [0.2, 0.25) is 0 Å². The summed E-state index contributed by atoms with van der Waals surface area (Å²) in [6.07, 6.45) is 3.28. The zero-order valence-corrected chi connectivity index (χ0v) is 8.03. The van der Waals surface area contributed by atoms with Crippen molar-refractivity contribution in [1.29, 1.82) is 5.26 Å². The monoisotopic (exact) mass is 207 g/mol. The van der Waals surface area contributed by atoms with Crippen molar-refractivity contribution in [2.45, 2.75) is 12.8 Å². The first-order chi connectivity index (χ1) is 7.25. The number of nitrogens with zero attached hydrogens (tertiary/aromatic N) is 2. The Morgan fingerprint density at radius 3 is 3.13 bits per heavy atom. The van der Waals surface area contributed by atoms with Crippen LogP contribution in [0.5, 0.6) is 0 Å². The third-order valence-corrected chi connectivity index (χ3v) is 1.77. The Kier molecular flexibility index (Phi) is 4.23. The highest BCUT2D eigenvalue weighted by molar-refractivity contribution is 5.94. The first-order valence-corrected chi connectivity index (χ1v) is 4.50. The summed E-state index contributed by atoms with van der Waals surface area (Å²) in [6, 6.07) is 3.27. The fourth-order valence-corrected chi connectivity index (χ4v) is 1.02. The molecule has 1 heterocycles. The van der Waals surface area contributed by atoms with Crippen LogP contribution >= 0.6 is 0 Å². The quantitative estimate of drug-likeness (QED) is 0.755. The van der Waals surface area contributed by atoms with Crippen LogP contribution in [0.1, 0.15) is 23.2 Å². The minimum Gasteiger partial charge on any atom is -0.352 e. The molecule has 1 amide bonds. The third-order valence-electron chi connectivity index (χ3n) is 1.77. The molecule has 15 heavy (non-hydrogen) atoms. The molecular weight excluding hydrogens is 197 g/mol. The summed E-state index contributed by atoms with van der Waals surface area (Å²) in [6.45, 7) is 0.369. The zero-order valence-electron chi connectivity index (χ0n) is 8.03. The van der Waals surface area contributed by atoms with E-state index in [0.717, 1.165) is 6.20 Å². The lowest BCUT2D eigenvalue weighted by molar-refractivity contribution is 0.0949. The van der Waals surface area contributed by atoms with Gasteiger partial charge in [-0.2, -0.15) is 5.26 Å². The van der Waals surface area contributed by atoms with Gasteiger partial charge in [-0.3, -0.25) is 9.78 Å². The highest BCUT2D eigenvalue weighted by Crippen LogP contribution is 2.03. The SMILES string of the molecule is N#CCCCNC(=O)c1ccncc1F. The zero-order chi connectivity index (χ0) is 11.1. The van der Waals surface area contributed by atoms with Gasteiger partial charge < -0.3 is 5.32 Å². The second-order valence-corrected chi connectivity index (χ2v) is 2.87. The van der Waals surface area contributed by atoms with E-state index >= 15 is 0 Å². The number of aromatic nitrogens is 1. The normalized spacial score (nSPS) is 9.33. The van der Waals surface area contributed by atoms with E-state index in [4.69, 9.17) is 5.26 Å². The molecule has 0 fully saturated rings. The average molecular weight is 207 g/mol. The van der Waals surface area contributed by atoms with E-state index < -0.39 is 11.7 Å². The highest BCUT2D eigenvalue weighted by Gasteiger charge is 2.09. The Bertz CT molecular complexity index is 386. The third kappa shape index (κ3) is 3.35. The molecule has 0 unspecified atom stereocenters. The molecule has 0 radical (unpaired) electrons. The first kappa shape index (κ1) is 11.1. The highest BCUT2D eigenvalue weighted by atomic mass is 19.1. The van der Waals surface area contributed by atoms with Crippen LogP contribution in [-0.2, 0) is 0 Å². The predicted octanol–water partition coefficient (Wildman–Crippen LogP) is 1.25. The fraction of sp³-hybridized carbons (Fsp3) is 0.300. The van der Waals surface area contributed by atoms with E-state index in [1.165, 1.54) is 12.3 Å². The van der Waals surface area contributed by atoms with Crippen LogP contribution in [0.3, 0.4) is 0 Å². The van der Waals surface area contributed by atoms with Crippen molar-refractivity contribution in [2.24, 2.45) is 0 Å². The maximum Gasteiger partial charge on any atom is 0.254 e. The Morgan fingerprint density at radius 1 is 1.67 bits per heavy atom. The number of hydrogen-bond acceptors (Lipinski definition) is 3. The van der Waals surface area contributed by atoms with Crippen molar-refractivity contribution in [3.63, 3.8) is 0 Å². The molecule has 1 N–H and O–H groups in total. The smallest absolute Gasteiger partial charge is 0.254 e. The second-order valence-electron chi connectivity index (χ2n) is 2.87. The molecule has 0 aromatic carbocycles. The van der Waals surface area contributed by atoms with Crippen molar-refractivity contribution < 1.29 is 9.18 Å². The van der Waals surface area contributed by atoms with Crippen LogP contribution in [0, 0.1) is 17.1 Å². The summed E-state index contributed by atoms with van der Waals surface area (Å²) in [4.78, 5) is 14.9. The van der Waals surface area contributed by atoms with Crippen LogP contribution in [0.25, 0.3) is 0 Å². The Morgan fingerprint density at radius 2 is 2.47 bits per heavy atom. The number of halogens is 1. The molecule has 1 aromatic rings. The number of carbonyl (C=O) groups is 1. The lowest BCUT2D eigenvalue weighted by Crippen LogP contribution is -2.25. The Hall–Kier alpha value is -1.96. The molecule has 1 rings (SSSR count). The minimum atomic E-state index is -0.643. The Balaban J connectivity index is 2.48. The van der Waals surface area contributed by atoms with Gasteiger partial charge in [0.1, 0.15) is 0 Å². The van der Waals surface area contributed by atoms with Crippen molar-refractivity contribution in [3.8, 4) is 6.07 Å². The number of pyridine rings is 1. The molecule has 4 nitrogen and oxygen atoms in total. The largest absolute Gasteiger partial charge is 0.352 e. The Labute approximate surface area is 86.7 Å². The molecule has 78 valence electrons. The van der Waals surface area contributed by atoms with Crippen LogP contribution in [0.15, 0.2) is 18.5 Å². The summed E-state index contributed by atoms with van der Waals surface area (Å²) in [5.41, 5.74) is -0.0260. The number of unbranched alkanes of at least 4 members (excludes halogenated alkanes) is 1. The van der Waals surface area contributed by atoms with Crippen molar-refractivity contribution in [2.75, 3.05) is 6.54 Å². The maximum absolute atomic E-state index is 13.0. The molecule has 0 spiro atoms. The van der Waals surface area contributed by atoms with Crippen molar-refractivity contribution >= 4 is 5.91 Å². The summed E-state index contributed by atoms with van der Waals surface area (Å²) >= 11 is 0. The summed E-state index contributed by atoms with van der Waals surface area (Å²) < 4.78 is 13.0. The lowest BCUT2D eigenvalue weighted by atomic mass is 10.2. The second kappa shape index (κ2) is 5.70. The van der Waals surface area contributed by atoms with E-state index in [-0.39, 0.29) is 5.56 Å². The number of amides is 1. The minimum absolute atomic E-state index is 0.0260. The molecule has 0 saturated carbocycles. The van der Waals surface area contributed by atoms with E-state index in [9.17, 15) is 9.18 Å². The molecule has 0 aliphatic carbocycles. The number of carbonyl (C=O) groups excluding carboxylic acids is 1. The van der Waals surface area contributed by atoms with Gasteiger partial charge in [0.15, 0.2) is 5.82 Å². The molecule has 0 aliphatic rings. The maximum atomic E-state index is 13.0. The standard InChI is InChI=1S/C10H10FN3O/c11-9-7-13-6-3-8(9)10(15)14-5-2-1-4-12/h3,6-7H,1-2,5H2,(H,14,15). The van der Waals surface area contributed by atoms with Gasteiger partial charge in [0.25, 0.3) is 5.91 Å². The first-order valence-electron chi connectivity index (χ1n) is 4.50. The van der Waals surface area contributed by atoms with Gasteiger partial charge in [-0.25, -0.2) is 4.39 Å². The number of rotatable bonds is 4. The van der Waals surface area contributed by atoms with E-state index in [1.54, 1.807) is 0 Å². The predicted molar refractivity (Wildman–Crippen MR) is 51.4 cm³/mol. The molecule has 0 atom stereocenters. The molecule has 0 bridgehead atoms. The van der Waals surface area contributed by atoms with Crippen LogP contribution in [-0.4, -0.2) is 17.4 Å². The van der Waals surface area contributed by atoms with Gasteiger partial charge in [0.2, 0.25) is 0 Å². The molecule has 0 aliphatic heterocycles. The number of nitrogens with one attached hydrogen (secondary N) is 1. The van der Waals surface area contributed by atoms with Crippen LogP contribution < -0.4 is 5.32 Å². The topological polar surface area (TPSA) is 65.8 Å². The van der Waals surface area contributed by atoms with Gasteiger partial charge in [-0.1, -0.05) is 0 Å². The summed E-state index contributed by atoms with van der Waals surface area (Å²) in [5, 5.41) is 10.8. The van der Waals surface area contributed by atoms with E-state index in [2.05, 4.69) is 10.3 Å². The molecule has 1 aromatic heterocycles. The number of hydrogen-bond donors (Lipinski definition) is 1. The van der Waals surface area contributed by atoms with Gasteiger partial charge in [0, 0.05) is 19.2 Å².